The van der Waals surface area contributed by atoms with E-state index in [9.17, 15) is 9.50 Å². The summed E-state index contributed by atoms with van der Waals surface area (Å²) in [5.74, 6) is -0.783. The number of hydrogen-bond donors (Lipinski definition) is 4. The zero-order chi connectivity index (χ0) is 19.6. The van der Waals surface area contributed by atoms with Crippen molar-refractivity contribution in [1.82, 2.24) is 9.97 Å². The number of phenols is 1. The van der Waals surface area contributed by atoms with Crippen LogP contribution in [0.2, 0.25) is 0 Å². The molecule has 1 unspecified atom stereocenters. The maximum absolute atomic E-state index is 13.3. The molecule has 1 aromatic carbocycles. The van der Waals surface area contributed by atoms with Crippen LogP contribution in [-0.4, -0.2) is 26.8 Å². The number of phenolic OH excluding ortho intramolecular Hbond substituents is 1. The maximum atomic E-state index is 13.3. The first-order valence-corrected chi connectivity index (χ1v) is 8.39. The summed E-state index contributed by atoms with van der Waals surface area (Å²) in [6.07, 6.45) is 6.61. The van der Waals surface area contributed by atoms with Crippen molar-refractivity contribution in [3.05, 3.63) is 77.9 Å². The van der Waals surface area contributed by atoms with Gasteiger partial charge in [-0.15, -0.1) is 0 Å². The Morgan fingerprint density at radius 1 is 1.33 bits per heavy atom. The van der Waals surface area contributed by atoms with Gasteiger partial charge in [-0.25, -0.2) is 14.4 Å². The number of nitrogens with zero attached hydrogens (tertiary/aromatic N) is 2. The number of allylic oxidation sites excluding steroid dienone is 2. The fourth-order valence-corrected chi connectivity index (χ4v) is 3.20. The van der Waals surface area contributed by atoms with E-state index in [1.807, 2.05) is 6.08 Å². The minimum absolute atomic E-state index is 0.0167. The number of aromatic nitrogens is 2. The molecule has 0 spiro atoms. The highest BCUT2D eigenvalue weighted by Gasteiger charge is 2.25. The highest BCUT2D eigenvalue weighted by Crippen LogP contribution is 2.32. The van der Waals surface area contributed by atoms with E-state index in [4.69, 9.17) is 11.1 Å². The number of nitrogen functional groups attached to an aromatic ring is 1. The second-order valence-corrected chi connectivity index (χ2v) is 6.15. The lowest BCUT2D eigenvalue weighted by Gasteiger charge is -2.19. The van der Waals surface area contributed by atoms with Crippen molar-refractivity contribution < 1.29 is 9.50 Å². The molecule has 3 rings (SSSR count). The Hall–Kier alpha value is -3.48. The number of anilines is 2. The molecule has 0 amide bonds. The van der Waals surface area contributed by atoms with Crippen LogP contribution in [0.4, 0.5) is 16.0 Å². The second-order valence-electron chi connectivity index (χ2n) is 6.15. The number of rotatable bonds is 6. The van der Waals surface area contributed by atoms with E-state index in [-0.39, 0.29) is 17.6 Å². The summed E-state index contributed by atoms with van der Waals surface area (Å²) in [5, 5.41) is 21.4. The summed E-state index contributed by atoms with van der Waals surface area (Å²) in [6.45, 7) is 7.69. The zero-order valence-corrected chi connectivity index (χ0v) is 14.7. The van der Waals surface area contributed by atoms with Gasteiger partial charge < -0.3 is 16.2 Å². The van der Waals surface area contributed by atoms with Gasteiger partial charge in [0.15, 0.2) is 11.6 Å². The lowest BCUT2D eigenvalue weighted by Crippen LogP contribution is -2.22. The van der Waals surface area contributed by atoms with Crippen LogP contribution < -0.4 is 11.1 Å². The SMILES string of the molecule is C=CC1=C(C=C)C(Nc2ncnc(N)c2C(=N)c2ccc(F)c(O)c2)CC1. The second kappa shape index (κ2) is 7.41. The van der Waals surface area contributed by atoms with Crippen LogP contribution in [0.25, 0.3) is 0 Å². The number of benzene rings is 1. The molecule has 1 aliphatic carbocycles. The number of nitrogens with two attached hydrogens (primary N) is 1. The third-order valence-corrected chi connectivity index (χ3v) is 4.59. The Balaban J connectivity index is 1.99. The summed E-state index contributed by atoms with van der Waals surface area (Å²) in [5.41, 5.74) is 8.72. The van der Waals surface area contributed by atoms with E-state index in [1.165, 1.54) is 18.5 Å². The summed E-state index contributed by atoms with van der Waals surface area (Å²) >= 11 is 0. The van der Waals surface area contributed by atoms with E-state index >= 15 is 0 Å². The summed E-state index contributed by atoms with van der Waals surface area (Å²) < 4.78 is 13.3. The molecular formula is C20H20FN5O. The molecule has 27 heavy (non-hydrogen) atoms. The van der Waals surface area contributed by atoms with Gasteiger partial charge in [0.2, 0.25) is 0 Å². The van der Waals surface area contributed by atoms with Gasteiger partial charge in [-0.05, 0) is 42.2 Å². The lowest BCUT2D eigenvalue weighted by molar-refractivity contribution is 0.432. The fourth-order valence-electron chi connectivity index (χ4n) is 3.20. The van der Waals surface area contributed by atoms with Gasteiger partial charge in [-0.1, -0.05) is 25.3 Å². The smallest absolute Gasteiger partial charge is 0.164 e. The lowest BCUT2D eigenvalue weighted by atomic mass is 10.0. The molecule has 0 radical (unpaired) electrons. The van der Waals surface area contributed by atoms with E-state index in [1.54, 1.807) is 6.08 Å². The van der Waals surface area contributed by atoms with Gasteiger partial charge in [0.05, 0.1) is 17.3 Å². The summed E-state index contributed by atoms with van der Waals surface area (Å²) in [4.78, 5) is 8.22. The van der Waals surface area contributed by atoms with Gasteiger partial charge in [0.25, 0.3) is 0 Å². The molecule has 1 aromatic heterocycles. The molecule has 1 atom stereocenters. The minimum atomic E-state index is -0.758. The van der Waals surface area contributed by atoms with Gasteiger partial charge in [0.1, 0.15) is 18.0 Å². The Labute approximate surface area is 156 Å². The molecule has 0 aliphatic heterocycles. The highest BCUT2D eigenvalue weighted by atomic mass is 19.1. The van der Waals surface area contributed by atoms with E-state index in [0.717, 1.165) is 30.1 Å². The fraction of sp³-hybridized carbons (Fsp3) is 0.150. The molecule has 0 saturated heterocycles. The Morgan fingerprint density at radius 2 is 2.11 bits per heavy atom. The standard InChI is InChI=1S/C20H20FN5O/c1-3-11-6-8-15(13(11)4-2)26-20-17(19(23)24-10-25-20)18(22)12-5-7-14(21)16(27)9-12/h3-5,7,9-10,15,22,27H,1-2,6,8H2,(H3,23,24,25,26). The van der Waals surface area contributed by atoms with Gasteiger partial charge in [-0.3, -0.25) is 5.41 Å². The van der Waals surface area contributed by atoms with Crippen molar-refractivity contribution in [3.8, 4) is 5.75 Å². The molecule has 1 heterocycles. The molecule has 0 saturated carbocycles. The first-order chi connectivity index (χ1) is 13.0. The van der Waals surface area contributed by atoms with Gasteiger partial charge in [-0.2, -0.15) is 0 Å². The van der Waals surface area contributed by atoms with Crippen molar-refractivity contribution in [1.29, 1.82) is 5.41 Å². The monoisotopic (exact) mass is 365 g/mol. The average Bonchev–Trinajstić information content (AvgIpc) is 3.05. The predicted octanol–water partition coefficient (Wildman–Crippen LogP) is 3.56. The molecular weight excluding hydrogens is 345 g/mol. The molecule has 1 aliphatic rings. The van der Waals surface area contributed by atoms with Gasteiger partial charge in [0, 0.05) is 5.56 Å². The Kier molecular flexibility index (Phi) is 5.03. The molecule has 2 aromatic rings. The van der Waals surface area contributed by atoms with Crippen molar-refractivity contribution >= 4 is 17.3 Å². The van der Waals surface area contributed by atoms with Crippen LogP contribution in [-0.2, 0) is 0 Å². The summed E-state index contributed by atoms with van der Waals surface area (Å²) in [7, 11) is 0. The summed E-state index contributed by atoms with van der Waals surface area (Å²) in [6, 6.07) is 3.62. The maximum Gasteiger partial charge on any atom is 0.164 e. The molecule has 6 nitrogen and oxygen atoms in total. The third kappa shape index (κ3) is 3.44. The van der Waals surface area contributed by atoms with Crippen LogP contribution in [0, 0.1) is 11.2 Å². The minimum Gasteiger partial charge on any atom is -0.505 e. The number of halogens is 1. The van der Waals surface area contributed by atoms with E-state index < -0.39 is 11.6 Å². The average molecular weight is 365 g/mol. The van der Waals surface area contributed by atoms with E-state index in [2.05, 4.69) is 28.4 Å². The van der Waals surface area contributed by atoms with Crippen LogP contribution in [0.15, 0.2) is 61.0 Å². The van der Waals surface area contributed by atoms with Crippen molar-refractivity contribution in [2.45, 2.75) is 18.9 Å². The van der Waals surface area contributed by atoms with Gasteiger partial charge >= 0.3 is 0 Å². The largest absolute Gasteiger partial charge is 0.505 e. The first kappa shape index (κ1) is 18.3. The van der Waals surface area contributed by atoms with Crippen molar-refractivity contribution in [2.24, 2.45) is 0 Å². The van der Waals surface area contributed by atoms with Crippen LogP contribution in [0.5, 0.6) is 5.75 Å². The molecule has 5 N–H and O–H groups in total. The molecule has 7 heteroatoms. The molecule has 0 fully saturated rings. The van der Waals surface area contributed by atoms with Crippen LogP contribution >= 0.6 is 0 Å². The Morgan fingerprint density at radius 3 is 2.78 bits per heavy atom. The number of nitrogens with one attached hydrogen (secondary N) is 2. The molecule has 0 bridgehead atoms. The zero-order valence-electron chi connectivity index (χ0n) is 14.7. The van der Waals surface area contributed by atoms with Crippen molar-refractivity contribution in [3.63, 3.8) is 0 Å². The number of hydrogen-bond acceptors (Lipinski definition) is 6. The number of aromatic hydroxyl groups is 1. The van der Waals surface area contributed by atoms with E-state index in [0.29, 0.717) is 16.9 Å². The predicted molar refractivity (Wildman–Crippen MR) is 105 cm³/mol. The van der Waals surface area contributed by atoms with Crippen LogP contribution in [0.3, 0.4) is 0 Å². The Bertz CT molecular complexity index is 967. The van der Waals surface area contributed by atoms with Crippen molar-refractivity contribution in [2.75, 3.05) is 11.1 Å². The molecule has 138 valence electrons. The highest BCUT2D eigenvalue weighted by molar-refractivity contribution is 6.16. The normalized spacial score (nSPS) is 16.3. The topological polar surface area (TPSA) is 108 Å². The third-order valence-electron chi connectivity index (χ3n) is 4.59. The quantitative estimate of drug-likeness (QED) is 0.586. The first-order valence-electron chi connectivity index (χ1n) is 8.39. The van der Waals surface area contributed by atoms with Crippen LogP contribution in [0.1, 0.15) is 24.0 Å².